The smallest absolute Gasteiger partial charge is 0.323 e. The number of hydrogen-bond acceptors (Lipinski definition) is 6. The molecule has 2 aromatic heterocycles. The molecule has 0 aliphatic rings. The third kappa shape index (κ3) is 3.64. The van der Waals surface area contributed by atoms with E-state index in [9.17, 15) is 14.0 Å². The molecule has 2 aromatic carbocycles. The number of benzene rings is 2. The number of carbonyl (C=O) groups is 1. The van der Waals surface area contributed by atoms with Gasteiger partial charge in [0.15, 0.2) is 0 Å². The van der Waals surface area contributed by atoms with Crippen LogP contribution in [0, 0.1) is 5.82 Å². The zero-order valence-corrected chi connectivity index (χ0v) is 15.3. The number of anilines is 1. The summed E-state index contributed by atoms with van der Waals surface area (Å²) in [4.78, 5) is 29.1. The first-order chi connectivity index (χ1) is 13.5. The molecule has 1 amide bonds. The molecule has 0 radical (unpaired) electrons. The van der Waals surface area contributed by atoms with Gasteiger partial charge in [0.25, 0.3) is 0 Å². The van der Waals surface area contributed by atoms with Gasteiger partial charge in [0.2, 0.25) is 11.1 Å². The molecule has 1 atom stereocenters. The molecular weight excluding hydrogens is 385 g/mol. The van der Waals surface area contributed by atoms with Crippen LogP contribution in [-0.4, -0.2) is 41.3 Å². The predicted molar refractivity (Wildman–Crippen MR) is 102 cm³/mol. The fraction of sp³-hybridized carbons (Fsp3) is 0.118. The lowest BCUT2D eigenvalue weighted by Crippen LogP contribution is -2.22. The van der Waals surface area contributed by atoms with Gasteiger partial charge in [-0.3, -0.25) is 4.79 Å². The minimum Gasteiger partial charge on any atom is -0.325 e. The van der Waals surface area contributed by atoms with Crippen LogP contribution in [0.1, 0.15) is 6.92 Å². The Bertz CT molecular complexity index is 1220. The first-order valence-corrected chi connectivity index (χ1v) is 9.11. The number of tetrazole rings is 1. The van der Waals surface area contributed by atoms with Gasteiger partial charge in [0, 0.05) is 5.69 Å². The number of aromatic amines is 2. The summed E-state index contributed by atoms with van der Waals surface area (Å²) in [5.41, 5.74) is 1.94. The SMILES string of the molecule is CC(Sc1nnnn1-c1cccc(F)c1)C(=O)Nc1ccc2[nH]c(=O)[nH]c2c1. The van der Waals surface area contributed by atoms with E-state index in [1.807, 2.05) is 0 Å². The van der Waals surface area contributed by atoms with Crippen LogP contribution in [0.3, 0.4) is 0 Å². The third-order valence-corrected chi connectivity index (χ3v) is 4.96. The molecule has 3 N–H and O–H groups in total. The highest BCUT2D eigenvalue weighted by Crippen LogP contribution is 2.24. The fourth-order valence-electron chi connectivity index (χ4n) is 2.59. The van der Waals surface area contributed by atoms with Crippen molar-refractivity contribution in [2.24, 2.45) is 0 Å². The second-order valence-electron chi connectivity index (χ2n) is 5.94. The van der Waals surface area contributed by atoms with Crippen molar-refractivity contribution in [1.29, 1.82) is 0 Å². The molecule has 11 heteroatoms. The lowest BCUT2D eigenvalue weighted by molar-refractivity contribution is -0.115. The zero-order chi connectivity index (χ0) is 19.7. The summed E-state index contributed by atoms with van der Waals surface area (Å²) in [5.74, 6) is -0.677. The number of nitrogens with one attached hydrogen (secondary N) is 3. The van der Waals surface area contributed by atoms with Gasteiger partial charge < -0.3 is 15.3 Å². The number of carbonyl (C=O) groups excluding carboxylic acids is 1. The first-order valence-electron chi connectivity index (χ1n) is 8.23. The van der Waals surface area contributed by atoms with Crippen molar-refractivity contribution in [3.05, 3.63) is 58.8 Å². The summed E-state index contributed by atoms with van der Waals surface area (Å²) in [5, 5.41) is 14.0. The topological polar surface area (TPSA) is 121 Å². The largest absolute Gasteiger partial charge is 0.325 e. The summed E-state index contributed by atoms with van der Waals surface area (Å²) < 4.78 is 14.8. The Labute approximate surface area is 161 Å². The van der Waals surface area contributed by atoms with Crippen molar-refractivity contribution >= 4 is 34.4 Å². The standard InChI is InChI=1S/C17H14FN7O2S/c1-9(15(26)19-11-5-6-13-14(8-11)21-16(27)20-13)28-17-22-23-24-25(17)12-4-2-3-10(18)7-12/h2-9H,1H3,(H,19,26)(H2,20,21,27). The maximum Gasteiger partial charge on any atom is 0.323 e. The number of aromatic nitrogens is 6. The molecule has 0 fully saturated rings. The normalized spacial score (nSPS) is 12.2. The average molecular weight is 399 g/mol. The van der Waals surface area contributed by atoms with Gasteiger partial charge in [0.1, 0.15) is 5.82 Å². The van der Waals surface area contributed by atoms with E-state index < -0.39 is 11.1 Å². The summed E-state index contributed by atoms with van der Waals surface area (Å²) in [7, 11) is 0. The van der Waals surface area contributed by atoms with Crippen LogP contribution >= 0.6 is 11.8 Å². The van der Waals surface area contributed by atoms with Crippen molar-refractivity contribution in [2.75, 3.05) is 5.32 Å². The van der Waals surface area contributed by atoms with E-state index in [0.717, 1.165) is 11.8 Å². The van der Waals surface area contributed by atoms with Gasteiger partial charge in [0.05, 0.1) is 22.0 Å². The molecule has 4 rings (SSSR count). The monoisotopic (exact) mass is 399 g/mol. The maximum atomic E-state index is 13.5. The van der Waals surface area contributed by atoms with Gasteiger partial charge in [-0.2, -0.15) is 4.68 Å². The minimum atomic E-state index is -0.528. The molecule has 1 unspecified atom stereocenters. The van der Waals surface area contributed by atoms with E-state index in [0.29, 0.717) is 27.6 Å². The highest BCUT2D eigenvalue weighted by Gasteiger charge is 2.20. The molecule has 0 aliphatic carbocycles. The molecule has 9 nitrogen and oxygen atoms in total. The average Bonchev–Trinajstić information content (AvgIpc) is 3.26. The molecule has 0 saturated carbocycles. The van der Waals surface area contributed by atoms with E-state index in [-0.39, 0.29) is 11.6 Å². The Hall–Kier alpha value is -3.47. The summed E-state index contributed by atoms with van der Waals surface area (Å²) in [6.07, 6.45) is 0. The first kappa shape index (κ1) is 17.9. The molecule has 2 heterocycles. The number of fused-ring (bicyclic) bond motifs is 1. The Kier molecular flexibility index (Phi) is 4.65. The van der Waals surface area contributed by atoms with Crippen molar-refractivity contribution in [3.63, 3.8) is 0 Å². The number of nitrogens with zero attached hydrogens (tertiary/aromatic N) is 4. The van der Waals surface area contributed by atoms with Crippen molar-refractivity contribution in [3.8, 4) is 5.69 Å². The van der Waals surface area contributed by atoms with Gasteiger partial charge in [-0.05, 0) is 53.7 Å². The molecule has 4 aromatic rings. The summed E-state index contributed by atoms with van der Waals surface area (Å²) >= 11 is 1.14. The van der Waals surface area contributed by atoms with Crippen LogP contribution in [0.15, 0.2) is 52.4 Å². The second kappa shape index (κ2) is 7.27. The van der Waals surface area contributed by atoms with Crippen molar-refractivity contribution in [1.82, 2.24) is 30.2 Å². The maximum absolute atomic E-state index is 13.5. The number of halogens is 1. The summed E-state index contributed by atoms with van der Waals surface area (Å²) in [6.45, 7) is 1.71. The van der Waals surface area contributed by atoms with E-state index in [1.54, 1.807) is 37.3 Å². The van der Waals surface area contributed by atoms with Crippen LogP contribution in [-0.2, 0) is 4.79 Å². The van der Waals surface area contributed by atoms with Crippen LogP contribution < -0.4 is 11.0 Å². The third-order valence-electron chi connectivity index (χ3n) is 3.93. The zero-order valence-electron chi connectivity index (χ0n) is 14.5. The quantitative estimate of drug-likeness (QED) is 0.442. The lowest BCUT2D eigenvalue weighted by atomic mass is 10.2. The van der Waals surface area contributed by atoms with Gasteiger partial charge >= 0.3 is 5.69 Å². The second-order valence-corrected chi connectivity index (χ2v) is 7.25. The number of imidazole rings is 1. The lowest BCUT2D eigenvalue weighted by Gasteiger charge is -2.12. The number of H-pyrrole nitrogens is 2. The van der Waals surface area contributed by atoms with Crippen molar-refractivity contribution in [2.45, 2.75) is 17.3 Å². The Morgan fingerprint density at radius 1 is 1.21 bits per heavy atom. The van der Waals surface area contributed by atoms with E-state index in [2.05, 4.69) is 30.8 Å². The number of hydrogen-bond donors (Lipinski definition) is 3. The van der Waals surface area contributed by atoms with Gasteiger partial charge in [-0.15, -0.1) is 5.10 Å². The highest BCUT2D eigenvalue weighted by atomic mass is 32.2. The number of rotatable bonds is 5. The predicted octanol–water partition coefficient (Wildman–Crippen LogP) is 2.09. The molecule has 142 valence electrons. The van der Waals surface area contributed by atoms with Gasteiger partial charge in [-0.25, -0.2) is 9.18 Å². The molecule has 28 heavy (non-hydrogen) atoms. The van der Waals surface area contributed by atoms with Crippen LogP contribution in [0.4, 0.5) is 10.1 Å². The Morgan fingerprint density at radius 2 is 2.04 bits per heavy atom. The molecular formula is C17H14FN7O2S. The van der Waals surface area contributed by atoms with E-state index >= 15 is 0 Å². The summed E-state index contributed by atoms with van der Waals surface area (Å²) in [6, 6.07) is 10.9. The van der Waals surface area contributed by atoms with E-state index in [1.165, 1.54) is 16.8 Å². The molecule has 0 aliphatic heterocycles. The number of amides is 1. The van der Waals surface area contributed by atoms with Gasteiger partial charge in [-0.1, -0.05) is 17.8 Å². The molecule has 0 saturated heterocycles. The van der Waals surface area contributed by atoms with E-state index in [4.69, 9.17) is 0 Å². The molecule has 0 bridgehead atoms. The van der Waals surface area contributed by atoms with Crippen LogP contribution in [0.5, 0.6) is 0 Å². The fourth-order valence-corrected chi connectivity index (χ4v) is 3.40. The Balaban J connectivity index is 1.49. The minimum absolute atomic E-state index is 0.268. The van der Waals surface area contributed by atoms with Crippen molar-refractivity contribution < 1.29 is 9.18 Å². The highest BCUT2D eigenvalue weighted by molar-refractivity contribution is 8.00. The Morgan fingerprint density at radius 3 is 2.86 bits per heavy atom. The van der Waals surface area contributed by atoms with Crippen LogP contribution in [0.2, 0.25) is 0 Å². The molecule has 0 spiro atoms. The number of thioether (sulfide) groups is 1. The van der Waals surface area contributed by atoms with Crippen LogP contribution in [0.25, 0.3) is 16.7 Å².